The van der Waals surface area contributed by atoms with Crippen LogP contribution in [0.5, 0.6) is 0 Å². The molecule has 0 amide bonds. The fourth-order valence-corrected chi connectivity index (χ4v) is 4.61. The summed E-state index contributed by atoms with van der Waals surface area (Å²) in [7, 11) is 0. The Hall–Kier alpha value is -1.50. The first-order valence-corrected chi connectivity index (χ1v) is 9.48. The number of nitrogens with zero attached hydrogens (tertiary/aromatic N) is 4. The van der Waals surface area contributed by atoms with E-state index in [1.54, 1.807) is 0 Å². The molecule has 2 aromatic rings. The zero-order valence-corrected chi connectivity index (χ0v) is 15.0. The second kappa shape index (κ2) is 6.78. The van der Waals surface area contributed by atoms with E-state index in [9.17, 15) is 0 Å². The van der Waals surface area contributed by atoms with Crippen molar-refractivity contribution >= 4 is 17.3 Å². The lowest BCUT2D eigenvalue weighted by Crippen LogP contribution is -2.57. The number of piperidine rings is 1. The molecule has 4 rings (SSSR count). The first-order valence-electron chi connectivity index (χ1n) is 8.66. The molecule has 0 aliphatic carbocycles. The van der Waals surface area contributed by atoms with E-state index in [4.69, 9.17) is 4.74 Å². The molecule has 1 spiro atoms. The predicted octanol–water partition coefficient (Wildman–Crippen LogP) is 2.72. The summed E-state index contributed by atoms with van der Waals surface area (Å²) in [6, 6.07) is 6.34. The highest BCUT2D eigenvalue weighted by Gasteiger charge is 2.40. The molecule has 4 heterocycles. The molecular formula is C18H24N4OS. The number of rotatable bonds is 3. The Bertz CT molecular complexity index is 667. The highest BCUT2D eigenvalue weighted by atomic mass is 32.1. The summed E-state index contributed by atoms with van der Waals surface area (Å²) in [5.41, 5.74) is -0.0285. The van der Waals surface area contributed by atoms with Crippen molar-refractivity contribution in [2.45, 2.75) is 31.9 Å². The van der Waals surface area contributed by atoms with Crippen LogP contribution in [0.1, 0.15) is 22.6 Å². The minimum Gasteiger partial charge on any atom is -0.371 e. The van der Waals surface area contributed by atoms with Crippen LogP contribution in [0, 0.1) is 6.92 Å². The molecule has 2 aliphatic heterocycles. The molecular weight excluding hydrogens is 320 g/mol. The lowest BCUT2D eigenvalue weighted by atomic mass is 9.89. The Kier molecular flexibility index (Phi) is 4.52. The fraction of sp³-hybridized carbons (Fsp3) is 0.556. The quantitative estimate of drug-likeness (QED) is 0.856. The Morgan fingerprint density at radius 1 is 1.17 bits per heavy atom. The largest absolute Gasteiger partial charge is 0.371 e. The van der Waals surface area contributed by atoms with Crippen LogP contribution in [0.2, 0.25) is 0 Å². The van der Waals surface area contributed by atoms with Crippen LogP contribution in [0.3, 0.4) is 0 Å². The summed E-state index contributed by atoms with van der Waals surface area (Å²) in [4.78, 5) is 16.5. The number of likely N-dealkylation sites (tertiary alicyclic amines) is 1. The first-order chi connectivity index (χ1) is 11.7. The molecule has 0 atom stereocenters. The summed E-state index contributed by atoms with van der Waals surface area (Å²) >= 11 is 1.91. The van der Waals surface area contributed by atoms with Gasteiger partial charge in [0.1, 0.15) is 0 Å². The van der Waals surface area contributed by atoms with Crippen LogP contribution in [-0.4, -0.2) is 53.3 Å². The van der Waals surface area contributed by atoms with E-state index in [0.717, 1.165) is 58.1 Å². The van der Waals surface area contributed by atoms with Gasteiger partial charge in [0.05, 0.1) is 18.8 Å². The van der Waals surface area contributed by atoms with Crippen molar-refractivity contribution in [1.29, 1.82) is 0 Å². The van der Waals surface area contributed by atoms with E-state index >= 15 is 0 Å². The average molecular weight is 344 g/mol. The molecule has 128 valence electrons. The first kappa shape index (κ1) is 16.0. The predicted molar refractivity (Wildman–Crippen MR) is 96.5 cm³/mol. The summed E-state index contributed by atoms with van der Waals surface area (Å²) < 4.78 is 6.24. The summed E-state index contributed by atoms with van der Waals surface area (Å²) in [5, 5.41) is 0. The van der Waals surface area contributed by atoms with Crippen LogP contribution in [0.4, 0.5) is 5.95 Å². The van der Waals surface area contributed by atoms with Crippen LogP contribution in [0.15, 0.2) is 30.6 Å². The fourth-order valence-electron chi connectivity index (χ4n) is 3.68. The van der Waals surface area contributed by atoms with E-state index < -0.39 is 0 Å². The Morgan fingerprint density at radius 2 is 1.96 bits per heavy atom. The van der Waals surface area contributed by atoms with Crippen molar-refractivity contribution in [1.82, 2.24) is 14.9 Å². The molecule has 0 N–H and O–H groups in total. The van der Waals surface area contributed by atoms with Crippen molar-refractivity contribution in [3.63, 3.8) is 0 Å². The maximum absolute atomic E-state index is 6.24. The molecule has 0 saturated carbocycles. The Labute approximate surface area is 147 Å². The van der Waals surface area contributed by atoms with Crippen LogP contribution in [-0.2, 0) is 11.3 Å². The van der Waals surface area contributed by atoms with Gasteiger partial charge in [0.25, 0.3) is 0 Å². The molecule has 2 fully saturated rings. The zero-order chi connectivity index (χ0) is 16.4. The molecule has 6 heteroatoms. The van der Waals surface area contributed by atoms with Gasteiger partial charge in [0.15, 0.2) is 0 Å². The maximum atomic E-state index is 6.24. The second-order valence-electron chi connectivity index (χ2n) is 6.79. The third-order valence-corrected chi connectivity index (χ3v) is 6.01. The van der Waals surface area contributed by atoms with E-state index in [-0.39, 0.29) is 5.60 Å². The van der Waals surface area contributed by atoms with Gasteiger partial charge in [-0.25, -0.2) is 9.97 Å². The monoisotopic (exact) mass is 344 g/mol. The van der Waals surface area contributed by atoms with Gasteiger partial charge in [0, 0.05) is 48.3 Å². The number of hydrogen-bond donors (Lipinski definition) is 0. The normalized spacial score (nSPS) is 21.3. The number of anilines is 1. The highest BCUT2D eigenvalue weighted by Crippen LogP contribution is 2.32. The molecule has 2 aliphatic rings. The lowest BCUT2D eigenvalue weighted by Gasteiger charge is -2.47. The highest BCUT2D eigenvalue weighted by molar-refractivity contribution is 7.11. The zero-order valence-electron chi connectivity index (χ0n) is 14.1. The third-order valence-electron chi connectivity index (χ3n) is 5.03. The molecule has 0 aromatic carbocycles. The van der Waals surface area contributed by atoms with Gasteiger partial charge in [-0.1, -0.05) is 0 Å². The van der Waals surface area contributed by atoms with Crippen LogP contribution >= 0.6 is 11.3 Å². The van der Waals surface area contributed by atoms with Gasteiger partial charge in [-0.05, 0) is 38.0 Å². The lowest BCUT2D eigenvalue weighted by molar-refractivity contribution is -0.0923. The molecule has 2 aromatic heterocycles. The van der Waals surface area contributed by atoms with Gasteiger partial charge in [0.2, 0.25) is 5.95 Å². The van der Waals surface area contributed by atoms with E-state index in [1.807, 2.05) is 29.8 Å². The molecule has 0 bridgehead atoms. The second-order valence-corrected chi connectivity index (χ2v) is 8.16. The molecule has 0 radical (unpaired) electrons. The van der Waals surface area contributed by atoms with Crippen molar-refractivity contribution < 1.29 is 4.74 Å². The summed E-state index contributed by atoms with van der Waals surface area (Å²) in [5.74, 6) is 0.830. The van der Waals surface area contributed by atoms with Crippen LogP contribution < -0.4 is 4.90 Å². The Morgan fingerprint density at radius 3 is 2.67 bits per heavy atom. The minimum atomic E-state index is -0.0285. The summed E-state index contributed by atoms with van der Waals surface area (Å²) in [6.45, 7) is 7.99. The molecule has 24 heavy (non-hydrogen) atoms. The van der Waals surface area contributed by atoms with E-state index in [1.165, 1.54) is 9.75 Å². The Balaban J connectivity index is 1.37. The van der Waals surface area contributed by atoms with Gasteiger partial charge >= 0.3 is 0 Å². The number of thiophene rings is 1. The van der Waals surface area contributed by atoms with Crippen molar-refractivity contribution in [3.8, 4) is 0 Å². The minimum absolute atomic E-state index is 0.0285. The maximum Gasteiger partial charge on any atom is 0.225 e. The van der Waals surface area contributed by atoms with Crippen molar-refractivity contribution in [3.05, 3.63) is 40.3 Å². The van der Waals surface area contributed by atoms with Crippen molar-refractivity contribution in [2.24, 2.45) is 0 Å². The topological polar surface area (TPSA) is 41.5 Å². The SMILES string of the molecule is Cc1ccc(CN2CCC3(CC2)CN(c2ncccn2)CCO3)s1. The number of ether oxygens (including phenoxy) is 1. The number of hydrogen-bond acceptors (Lipinski definition) is 6. The van der Waals surface area contributed by atoms with E-state index in [2.05, 4.69) is 38.8 Å². The number of morpholine rings is 1. The molecule has 5 nitrogen and oxygen atoms in total. The standard InChI is InChI=1S/C18H24N4OS/c1-15-3-4-16(24-15)13-21-9-5-18(6-10-21)14-22(11-12-23-18)17-19-7-2-8-20-17/h2-4,7-8H,5-6,9-14H2,1H3. The molecule has 2 saturated heterocycles. The van der Waals surface area contributed by atoms with Gasteiger partial charge in [-0.3, -0.25) is 4.90 Å². The summed E-state index contributed by atoms with van der Waals surface area (Å²) in [6.07, 6.45) is 5.80. The van der Waals surface area contributed by atoms with Gasteiger partial charge in [-0.2, -0.15) is 0 Å². The van der Waals surface area contributed by atoms with Gasteiger partial charge < -0.3 is 9.64 Å². The third kappa shape index (κ3) is 3.45. The molecule has 0 unspecified atom stereocenters. The number of aromatic nitrogens is 2. The van der Waals surface area contributed by atoms with Crippen molar-refractivity contribution in [2.75, 3.05) is 37.7 Å². The smallest absolute Gasteiger partial charge is 0.225 e. The van der Waals surface area contributed by atoms with Crippen LogP contribution in [0.25, 0.3) is 0 Å². The van der Waals surface area contributed by atoms with E-state index in [0.29, 0.717) is 0 Å². The number of aryl methyl sites for hydroxylation is 1. The van der Waals surface area contributed by atoms with Gasteiger partial charge in [-0.15, -0.1) is 11.3 Å². The average Bonchev–Trinajstić information content (AvgIpc) is 3.03.